The van der Waals surface area contributed by atoms with Crippen molar-refractivity contribution in [1.82, 2.24) is 4.98 Å². The number of aromatic nitrogens is 1. The van der Waals surface area contributed by atoms with Gasteiger partial charge in [-0.2, -0.15) is 0 Å². The lowest BCUT2D eigenvalue weighted by Crippen LogP contribution is -2.35. The third-order valence-corrected chi connectivity index (χ3v) is 4.48. The summed E-state index contributed by atoms with van der Waals surface area (Å²) in [6.07, 6.45) is 5.69. The summed E-state index contributed by atoms with van der Waals surface area (Å²) in [5, 5.41) is 12.3. The van der Waals surface area contributed by atoms with Gasteiger partial charge in [0.2, 0.25) is 5.91 Å². The summed E-state index contributed by atoms with van der Waals surface area (Å²) in [6, 6.07) is 11.6. The van der Waals surface area contributed by atoms with E-state index in [1.54, 1.807) is 12.4 Å². The van der Waals surface area contributed by atoms with Crippen molar-refractivity contribution in [3.8, 4) is 0 Å². The monoisotopic (exact) mass is 325 g/mol. The molecular formula is C19H23N3O2. The molecule has 0 radical (unpaired) electrons. The highest BCUT2D eigenvalue weighted by Crippen LogP contribution is 2.29. The summed E-state index contributed by atoms with van der Waals surface area (Å²) in [4.78, 5) is 18.7. The van der Waals surface area contributed by atoms with Crippen LogP contribution in [0, 0.1) is 5.92 Å². The molecule has 126 valence electrons. The number of rotatable bonds is 5. The number of nitrogens with zero attached hydrogens (tertiary/aromatic N) is 2. The summed E-state index contributed by atoms with van der Waals surface area (Å²) in [5.74, 6) is 0.356. The Labute approximate surface area is 142 Å². The molecular weight excluding hydrogens is 302 g/mol. The zero-order valence-corrected chi connectivity index (χ0v) is 13.7. The fourth-order valence-electron chi connectivity index (χ4n) is 3.09. The van der Waals surface area contributed by atoms with Crippen molar-refractivity contribution in [2.45, 2.75) is 19.3 Å². The van der Waals surface area contributed by atoms with Crippen LogP contribution in [0.1, 0.15) is 18.4 Å². The van der Waals surface area contributed by atoms with E-state index in [2.05, 4.69) is 15.2 Å². The van der Waals surface area contributed by atoms with E-state index in [0.717, 1.165) is 42.9 Å². The van der Waals surface area contributed by atoms with Crippen LogP contribution in [-0.2, 0) is 11.2 Å². The van der Waals surface area contributed by atoms with Gasteiger partial charge in [-0.15, -0.1) is 0 Å². The van der Waals surface area contributed by atoms with Crippen LogP contribution in [0.3, 0.4) is 0 Å². The third-order valence-electron chi connectivity index (χ3n) is 4.48. The lowest BCUT2D eigenvalue weighted by Gasteiger charge is -2.34. The molecule has 1 saturated heterocycles. The van der Waals surface area contributed by atoms with E-state index >= 15 is 0 Å². The summed E-state index contributed by atoms with van der Waals surface area (Å²) >= 11 is 0. The van der Waals surface area contributed by atoms with Crippen LogP contribution in [-0.4, -0.2) is 35.7 Å². The Hall–Kier alpha value is -2.40. The first-order valence-corrected chi connectivity index (χ1v) is 8.40. The molecule has 2 heterocycles. The van der Waals surface area contributed by atoms with E-state index in [9.17, 15) is 9.90 Å². The average molecular weight is 325 g/mol. The molecule has 5 heteroatoms. The van der Waals surface area contributed by atoms with Crippen LogP contribution in [0.5, 0.6) is 0 Å². The Balaban J connectivity index is 1.67. The molecule has 0 spiro atoms. The molecule has 1 aliphatic rings. The largest absolute Gasteiger partial charge is 0.396 e. The number of carbonyl (C=O) groups is 1. The van der Waals surface area contributed by atoms with Crippen LogP contribution in [0.15, 0.2) is 48.8 Å². The smallest absolute Gasteiger partial charge is 0.228 e. The fraction of sp³-hybridized carbons (Fsp3) is 0.368. The van der Waals surface area contributed by atoms with E-state index in [-0.39, 0.29) is 12.5 Å². The predicted octanol–water partition coefficient (Wildman–Crippen LogP) is 2.47. The fourth-order valence-corrected chi connectivity index (χ4v) is 3.09. The first-order chi connectivity index (χ1) is 11.8. The Morgan fingerprint density at radius 2 is 2.00 bits per heavy atom. The van der Waals surface area contributed by atoms with E-state index < -0.39 is 0 Å². The lowest BCUT2D eigenvalue weighted by molar-refractivity contribution is -0.115. The second-order valence-electron chi connectivity index (χ2n) is 6.22. The molecule has 3 rings (SSSR count). The van der Waals surface area contributed by atoms with Gasteiger partial charge in [-0.1, -0.05) is 18.2 Å². The molecule has 5 nitrogen and oxygen atoms in total. The number of amides is 1. The minimum Gasteiger partial charge on any atom is -0.396 e. The summed E-state index contributed by atoms with van der Waals surface area (Å²) in [7, 11) is 0. The molecule has 1 aliphatic heterocycles. The molecule has 1 amide bonds. The van der Waals surface area contributed by atoms with Gasteiger partial charge in [-0.25, -0.2) is 0 Å². The molecule has 1 aromatic carbocycles. The highest BCUT2D eigenvalue weighted by Gasteiger charge is 2.20. The highest BCUT2D eigenvalue weighted by atomic mass is 16.3. The maximum Gasteiger partial charge on any atom is 0.228 e. The number of aliphatic hydroxyl groups excluding tert-OH is 1. The number of pyridine rings is 1. The standard InChI is InChI=1S/C19H23N3O2/c23-14-15-7-10-22(11-8-15)18-6-2-1-5-17(18)21-19(24)12-16-4-3-9-20-13-16/h1-6,9,13,15,23H,7-8,10-12,14H2,(H,21,24). The van der Waals surface area contributed by atoms with Crippen molar-refractivity contribution in [2.24, 2.45) is 5.92 Å². The van der Waals surface area contributed by atoms with Gasteiger partial charge in [-0.3, -0.25) is 9.78 Å². The van der Waals surface area contributed by atoms with Gasteiger partial charge >= 0.3 is 0 Å². The molecule has 24 heavy (non-hydrogen) atoms. The van der Waals surface area contributed by atoms with E-state index in [1.807, 2.05) is 36.4 Å². The topological polar surface area (TPSA) is 65.5 Å². The first kappa shape index (κ1) is 16.5. The second-order valence-corrected chi connectivity index (χ2v) is 6.22. The van der Waals surface area contributed by atoms with Crippen LogP contribution < -0.4 is 10.2 Å². The van der Waals surface area contributed by atoms with Gasteiger partial charge in [0.25, 0.3) is 0 Å². The van der Waals surface area contributed by atoms with Gasteiger partial charge < -0.3 is 15.3 Å². The summed E-state index contributed by atoms with van der Waals surface area (Å²) < 4.78 is 0. The molecule has 1 aromatic heterocycles. The zero-order valence-electron chi connectivity index (χ0n) is 13.7. The number of hydrogen-bond donors (Lipinski definition) is 2. The molecule has 0 atom stereocenters. The quantitative estimate of drug-likeness (QED) is 0.886. The number of benzene rings is 1. The van der Waals surface area contributed by atoms with Gasteiger partial charge in [-0.05, 0) is 42.5 Å². The Morgan fingerprint density at radius 1 is 1.21 bits per heavy atom. The van der Waals surface area contributed by atoms with Crippen molar-refractivity contribution in [1.29, 1.82) is 0 Å². The summed E-state index contributed by atoms with van der Waals surface area (Å²) in [6.45, 7) is 2.07. The van der Waals surface area contributed by atoms with Crippen LogP contribution in [0.25, 0.3) is 0 Å². The Kier molecular flexibility index (Phi) is 5.43. The van der Waals surface area contributed by atoms with Crippen molar-refractivity contribution in [3.05, 3.63) is 54.4 Å². The zero-order chi connectivity index (χ0) is 16.8. The van der Waals surface area contributed by atoms with Gasteiger partial charge in [0.1, 0.15) is 0 Å². The predicted molar refractivity (Wildman–Crippen MR) is 95.0 cm³/mol. The number of nitrogens with one attached hydrogen (secondary N) is 1. The van der Waals surface area contributed by atoms with E-state index in [0.29, 0.717) is 12.3 Å². The third kappa shape index (κ3) is 4.11. The molecule has 1 fully saturated rings. The minimum atomic E-state index is -0.0410. The van der Waals surface area contributed by atoms with Gasteiger partial charge in [0.05, 0.1) is 17.8 Å². The normalized spacial score (nSPS) is 15.3. The first-order valence-electron chi connectivity index (χ1n) is 8.40. The van der Waals surface area contributed by atoms with Crippen molar-refractivity contribution >= 4 is 17.3 Å². The second kappa shape index (κ2) is 7.93. The number of carbonyl (C=O) groups excluding carboxylic acids is 1. The molecule has 0 unspecified atom stereocenters. The minimum absolute atomic E-state index is 0.0410. The van der Waals surface area contributed by atoms with Crippen molar-refractivity contribution in [2.75, 3.05) is 29.9 Å². The lowest BCUT2D eigenvalue weighted by atomic mass is 9.97. The summed E-state index contributed by atoms with van der Waals surface area (Å²) in [5.41, 5.74) is 2.79. The number of piperidine rings is 1. The number of anilines is 2. The number of aliphatic hydroxyl groups is 1. The molecule has 2 N–H and O–H groups in total. The van der Waals surface area contributed by atoms with E-state index in [4.69, 9.17) is 0 Å². The Morgan fingerprint density at radius 3 is 2.71 bits per heavy atom. The SMILES string of the molecule is O=C(Cc1cccnc1)Nc1ccccc1N1CCC(CO)CC1. The number of hydrogen-bond acceptors (Lipinski definition) is 4. The van der Waals surface area contributed by atoms with Crippen molar-refractivity contribution in [3.63, 3.8) is 0 Å². The molecule has 2 aromatic rings. The molecule has 0 aliphatic carbocycles. The van der Waals surface area contributed by atoms with Gasteiger partial charge in [0.15, 0.2) is 0 Å². The Bertz CT molecular complexity index is 667. The highest BCUT2D eigenvalue weighted by molar-refractivity contribution is 5.95. The average Bonchev–Trinajstić information content (AvgIpc) is 2.63. The molecule has 0 bridgehead atoms. The van der Waals surface area contributed by atoms with Gasteiger partial charge in [0, 0.05) is 32.1 Å². The van der Waals surface area contributed by atoms with Crippen LogP contribution >= 0.6 is 0 Å². The maximum atomic E-state index is 12.3. The van der Waals surface area contributed by atoms with Crippen LogP contribution in [0.2, 0.25) is 0 Å². The number of para-hydroxylation sites is 2. The maximum absolute atomic E-state index is 12.3. The van der Waals surface area contributed by atoms with Crippen LogP contribution in [0.4, 0.5) is 11.4 Å². The van der Waals surface area contributed by atoms with E-state index in [1.165, 1.54) is 0 Å². The molecule has 0 saturated carbocycles. The van der Waals surface area contributed by atoms with Crippen molar-refractivity contribution < 1.29 is 9.90 Å².